The predicted molar refractivity (Wildman–Crippen MR) is 114 cm³/mol. The lowest BCUT2D eigenvalue weighted by molar-refractivity contribution is -0.0365. The van der Waals surface area contributed by atoms with Crippen LogP contribution < -0.4 is 10.1 Å². The molecule has 1 amide bonds. The Kier molecular flexibility index (Phi) is 5.99. The largest absolute Gasteiger partial charge is 0.486 e. The van der Waals surface area contributed by atoms with Crippen molar-refractivity contribution in [3.8, 4) is 5.75 Å². The molecular formula is C20H20Cl2N4O4. The van der Waals surface area contributed by atoms with Gasteiger partial charge in [-0.25, -0.2) is 9.48 Å². The SMILES string of the molecule is CC(Oc1ccc2c(c1)c(NC(=O)O)nn2C1CCCCO1)c1c(Cl)cncc1Cl. The summed E-state index contributed by atoms with van der Waals surface area (Å²) in [7, 11) is 0. The van der Waals surface area contributed by atoms with Crippen LogP contribution in [0.25, 0.3) is 10.9 Å². The van der Waals surface area contributed by atoms with Crippen LogP contribution in [0, 0.1) is 0 Å². The average Bonchev–Trinajstić information content (AvgIpc) is 3.06. The molecule has 10 heteroatoms. The number of rotatable bonds is 5. The van der Waals surface area contributed by atoms with Gasteiger partial charge < -0.3 is 14.6 Å². The smallest absolute Gasteiger partial charge is 0.410 e. The molecule has 2 atom stereocenters. The summed E-state index contributed by atoms with van der Waals surface area (Å²) in [6.45, 7) is 2.48. The Morgan fingerprint density at radius 3 is 2.77 bits per heavy atom. The maximum absolute atomic E-state index is 11.3. The van der Waals surface area contributed by atoms with E-state index in [4.69, 9.17) is 32.7 Å². The Bertz CT molecular complexity index is 1060. The highest BCUT2D eigenvalue weighted by molar-refractivity contribution is 6.35. The number of anilines is 1. The number of nitrogens with one attached hydrogen (secondary N) is 1. The van der Waals surface area contributed by atoms with Gasteiger partial charge in [0.1, 0.15) is 11.9 Å². The summed E-state index contributed by atoms with van der Waals surface area (Å²) >= 11 is 12.5. The van der Waals surface area contributed by atoms with Crippen molar-refractivity contribution >= 4 is 46.0 Å². The number of benzene rings is 1. The first-order chi connectivity index (χ1) is 14.4. The van der Waals surface area contributed by atoms with E-state index >= 15 is 0 Å². The van der Waals surface area contributed by atoms with E-state index in [9.17, 15) is 9.90 Å². The third kappa shape index (κ3) is 4.16. The number of fused-ring (bicyclic) bond motifs is 1. The van der Waals surface area contributed by atoms with Crippen LogP contribution in [0.15, 0.2) is 30.6 Å². The standard InChI is InChI=1S/C20H20Cl2N4O4/c1-11(18-14(21)9-23-10-15(18)22)30-12-5-6-16-13(8-12)19(24-20(27)28)25-26(16)17-4-2-3-7-29-17/h5-6,8-11,17H,2-4,7H2,1H3,(H,24,25)(H,27,28). The van der Waals surface area contributed by atoms with Gasteiger partial charge in [0.25, 0.3) is 0 Å². The maximum Gasteiger partial charge on any atom is 0.410 e. The second kappa shape index (κ2) is 8.67. The fraction of sp³-hybridized carbons (Fsp3) is 0.350. The van der Waals surface area contributed by atoms with Gasteiger partial charge >= 0.3 is 6.09 Å². The number of nitrogens with zero attached hydrogens (tertiary/aromatic N) is 3. The predicted octanol–water partition coefficient (Wildman–Crippen LogP) is 5.67. The van der Waals surface area contributed by atoms with Crippen LogP contribution in [0.3, 0.4) is 0 Å². The Morgan fingerprint density at radius 1 is 1.33 bits per heavy atom. The number of ether oxygens (including phenoxy) is 2. The lowest BCUT2D eigenvalue weighted by Gasteiger charge is -2.23. The first-order valence-corrected chi connectivity index (χ1v) is 10.3. The molecule has 0 bridgehead atoms. The van der Waals surface area contributed by atoms with Gasteiger partial charge in [-0.2, -0.15) is 5.10 Å². The second-order valence-corrected chi connectivity index (χ2v) is 7.81. The third-order valence-electron chi connectivity index (χ3n) is 4.94. The minimum Gasteiger partial charge on any atom is -0.486 e. The third-order valence-corrected chi connectivity index (χ3v) is 5.54. The van der Waals surface area contributed by atoms with Crippen LogP contribution in [0.1, 0.15) is 44.1 Å². The number of aromatic nitrogens is 3. The van der Waals surface area contributed by atoms with Crippen molar-refractivity contribution in [1.29, 1.82) is 0 Å². The van der Waals surface area contributed by atoms with E-state index in [1.807, 2.05) is 13.0 Å². The molecule has 1 aliphatic heterocycles. The lowest BCUT2D eigenvalue weighted by Crippen LogP contribution is -2.19. The van der Waals surface area contributed by atoms with E-state index in [1.54, 1.807) is 16.8 Å². The number of carbonyl (C=O) groups is 1. The molecule has 8 nitrogen and oxygen atoms in total. The Hall–Kier alpha value is -2.55. The molecule has 0 aliphatic carbocycles. The summed E-state index contributed by atoms with van der Waals surface area (Å²) in [6, 6.07) is 5.38. The normalized spacial score (nSPS) is 17.6. The molecule has 2 aromatic heterocycles. The van der Waals surface area contributed by atoms with Gasteiger partial charge in [0.2, 0.25) is 0 Å². The van der Waals surface area contributed by atoms with Crippen molar-refractivity contribution in [3.63, 3.8) is 0 Å². The van der Waals surface area contributed by atoms with Crippen LogP contribution in [0.2, 0.25) is 10.0 Å². The first-order valence-electron chi connectivity index (χ1n) is 9.53. The summed E-state index contributed by atoms with van der Waals surface area (Å²) < 4.78 is 13.6. The summed E-state index contributed by atoms with van der Waals surface area (Å²) in [5.41, 5.74) is 1.38. The lowest BCUT2D eigenvalue weighted by atomic mass is 10.1. The summed E-state index contributed by atoms with van der Waals surface area (Å²) in [5, 5.41) is 17.5. The summed E-state index contributed by atoms with van der Waals surface area (Å²) in [4.78, 5) is 15.2. The molecule has 3 heterocycles. The summed E-state index contributed by atoms with van der Waals surface area (Å²) in [5.74, 6) is 0.751. The monoisotopic (exact) mass is 450 g/mol. The van der Waals surface area contributed by atoms with Crippen molar-refractivity contribution in [2.45, 2.75) is 38.5 Å². The number of hydrogen-bond acceptors (Lipinski definition) is 5. The van der Waals surface area contributed by atoms with Gasteiger partial charge in [0.05, 0.1) is 15.6 Å². The molecule has 158 valence electrons. The molecule has 3 aromatic rings. The maximum atomic E-state index is 11.3. The molecule has 0 spiro atoms. The Labute approximate surface area is 182 Å². The quantitative estimate of drug-likeness (QED) is 0.519. The van der Waals surface area contributed by atoms with E-state index in [1.165, 1.54) is 12.4 Å². The fourth-order valence-electron chi connectivity index (χ4n) is 3.60. The van der Waals surface area contributed by atoms with E-state index < -0.39 is 12.2 Å². The van der Waals surface area contributed by atoms with Gasteiger partial charge in [-0.15, -0.1) is 0 Å². The van der Waals surface area contributed by atoms with Crippen LogP contribution in [0.4, 0.5) is 10.6 Å². The highest BCUT2D eigenvalue weighted by Gasteiger charge is 2.23. The average molecular weight is 451 g/mol. The molecule has 30 heavy (non-hydrogen) atoms. The Balaban J connectivity index is 1.69. The minimum absolute atomic E-state index is 0.227. The zero-order valence-electron chi connectivity index (χ0n) is 16.1. The van der Waals surface area contributed by atoms with Crippen LogP contribution in [-0.4, -0.2) is 32.6 Å². The molecular weight excluding hydrogens is 431 g/mol. The highest BCUT2D eigenvalue weighted by Crippen LogP contribution is 2.36. The number of hydrogen-bond donors (Lipinski definition) is 2. The van der Waals surface area contributed by atoms with Crippen molar-refractivity contribution in [1.82, 2.24) is 14.8 Å². The molecule has 2 unspecified atom stereocenters. The van der Waals surface area contributed by atoms with Crippen molar-refractivity contribution in [2.75, 3.05) is 11.9 Å². The zero-order chi connectivity index (χ0) is 21.3. The van der Waals surface area contributed by atoms with Crippen LogP contribution >= 0.6 is 23.2 Å². The van der Waals surface area contributed by atoms with Gasteiger partial charge in [-0.3, -0.25) is 10.3 Å². The van der Waals surface area contributed by atoms with Gasteiger partial charge in [-0.05, 0) is 44.4 Å². The number of amides is 1. The van der Waals surface area contributed by atoms with Gasteiger partial charge in [0, 0.05) is 30.0 Å². The molecule has 1 aromatic carbocycles. The van der Waals surface area contributed by atoms with E-state index in [-0.39, 0.29) is 12.0 Å². The molecule has 4 rings (SSSR count). The number of pyridine rings is 1. The van der Waals surface area contributed by atoms with Crippen LogP contribution in [-0.2, 0) is 4.74 Å². The summed E-state index contributed by atoms with van der Waals surface area (Å²) in [6.07, 6.45) is 4.00. The van der Waals surface area contributed by atoms with Crippen LogP contribution in [0.5, 0.6) is 5.75 Å². The molecule has 0 saturated carbocycles. The Morgan fingerprint density at radius 2 is 2.10 bits per heavy atom. The molecule has 0 radical (unpaired) electrons. The van der Waals surface area contributed by atoms with E-state index in [2.05, 4.69) is 15.4 Å². The van der Waals surface area contributed by atoms with Crippen molar-refractivity contribution in [3.05, 3.63) is 46.2 Å². The van der Waals surface area contributed by atoms with Crippen molar-refractivity contribution < 1.29 is 19.4 Å². The van der Waals surface area contributed by atoms with E-state index in [0.29, 0.717) is 33.4 Å². The van der Waals surface area contributed by atoms with E-state index in [0.717, 1.165) is 24.8 Å². The molecule has 2 N–H and O–H groups in total. The highest BCUT2D eigenvalue weighted by atomic mass is 35.5. The fourth-order valence-corrected chi connectivity index (χ4v) is 4.27. The molecule has 1 aliphatic rings. The number of halogens is 2. The van der Waals surface area contributed by atoms with Crippen molar-refractivity contribution in [2.24, 2.45) is 0 Å². The zero-order valence-corrected chi connectivity index (χ0v) is 17.7. The number of carboxylic acid groups (broad SMARTS) is 1. The minimum atomic E-state index is -1.19. The topological polar surface area (TPSA) is 98.5 Å². The van der Waals surface area contributed by atoms with Gasteiger partial charge in [-0.1, -0.05) is 23.2 Å². The second-order valence-electron chi connectivity index (χ2n) is 7.00. The molecule has 1 fully saturated rings. The first kappa shape index (κ1) is 20.7. The van der Waals surface area contributed by atoms with Gasteiger partial charge in [0.15, 0.2) is 12.0 Å². The molecule has 1 saturated heterocycles.